The highest BCUT2D eigenvalue weighted by atomic mass is 32.2. The van der Waals surface area contributed by atoms with Gasteiger partial charge in [-0.3, -0.25) is 0 Å². The largest absolute Gasteiger partial charge is 0.497 e. The standard InChI is InChI=1S/C28H41NO2S/c1-23(30-2)11-13-26(25-8-4-10-28(32-3)16-15-25)14-12-24-7-5-19-29(20-17-24)27-9-6-21-31-22-18-27/h4,10-11,13-16,24,27H,1,5-9,12,17-22H2,2-3H3/b13-11-,26-14+. The van der Waals surface area contributed by atoms with E-state index in [-0.39, 0.29) is 0 Å². The highest BCUT2D eigenvalue weighted by Crippen LogP contribution is 2.28. The van der Waals surface area contributed by atoms with Gasteiger partial charge in [0.05, 0.1) is 7.11 Å². The van der Waals surface area contributed by atoms with Crippen molar-refractivity contribution in [1.82, 2.24) is 4.90 Å². The first-order valence-electron chi connectivity index (χ1n) is 12.2. The molecule has 3 rings (SSSR count). The van der Waals surface area contributed by atoms with E-state index in [1.54, 1.807) is 18.9 Å². The Morgan fingerprint density at radius 1 is 1.16 bits per heavy atom. The van der Waals surface area contributed by atoms with Crippen LogP contribution in [0.15, 0.2) is 70.9 Å². The monoisotopic (exact) mass is 455 g/mol. The second-order valence-corrected chi connectivity index (χ2v) is 9.88. The molecule has 2 atom stereocenters. The number of allylic oxidation sites excluding steroid dienone is 9. The number of rotatable bonds is 8. The van der Waals surface area contributed by atoms with E-state index in [0.717, 1.165) is 38.0 Å². The zero-order valence-corrected chi connectivity index (χ0v) is 20.9. The molecule has 4 heteroatoms. The van der Waals surface area contributed by atoms with Crippen LogP contribution in [-0.2, 0) is 9.47 Å². The highest BCUT2D eigenvalue weighted by Gasteiger charge is 2.23. The Morgan fingerprint density at radius 2 is 2.06 bits per heavy atom. The van der Waals surface area contributed by atoms with Crippen LogP contribution in [0.5, 0.6) is 0 Å². The van der Waals surface area contributed by atoms with Gasteiger partial charge >= 0.3 is 0 Å². The van der Waals surface area contributed by atoms with Gasteiger partial charge in [-0.1, -0.05) is 37.0 Å². The molecule has 2 heterocycles. The molecule has 2 unspecified atom stereocenters. The highest BCUT2D eigenvalue weighted by molar-refractivity contribution is 8.02. The van der Waals surface area contributed by atoms with Crippen LogP contribution in [0.1, 0.15) is 51.4 Å². The SMILES string of the molecule is C=C(/C=C\C(=C/CC1CCCN(C2CCCOCC2)CC1)C1=CC=C(SC)C=CC1)OC. The Hall–Kier alpha value is -1.49. The number of methoxy groups -OCH3 is 1. The zero-order chi connectivity index (χ0) is 22.6. The van der Waals surface area contributed by atoms with Crippen LogP contribution >= 0.6 is 11.8 Å². The average molecular weight is 456 g/mol. The van der Waals surface area contributed by atoms with Gasteiger partial charge in [0.2, 0.25) is 0 Å². The molecule has 2 aliphatic heterocycles. The number of likely N-dealkylation sites (tertiary alicyclic amines) is 1. The summed E-state index contributed by atoms with van der Waals surface area (Å²) in [4.78, 5) is 4.06. The minimum atomic E-state index is 0.693. The van der Waals surface area contributed by atoms with Crippen molar-refractivity contribution in [3.05, 3.63) is 70.9 Å². The van der Waals surface area contributed by atoms with E-state index in [4.69, 9.17) is 9.47 Å². The summed E-state index contributed by atoms with van der Waals surface area (Å²) in [5.74, 6) is 1.45. The van der Waals surface area contributed by atoms with E-state index in [2.05, 4.69) is 54.2 Å². The van der Waals surface area contributed by atoms with Crippen molar-refractivity contribution >= 4 is 11.8 Å². The van der Waals surface area contributed by atoms with Crippen molar-refractivity contribution in [3.8, 4) is 0 Å². The topological polar surface area (TPSA) is 21.7 Å². The molecular weight excluding hydrogens is 414 g/mol. The van der Waals surface area contributed by atoms with Crippen LogP contribution in [0.2, 0.25) is 0 Å². The predicted molar refractivity (Wildman–Crippen MR) is 139 cm³/mol. The summed E-state index contributed by atoms with van der Waals surface area (Å²) in [6, 6.07) is 0.727. The van der Waals surface area contributed by atoms with E-state index in [1.165, 1.54) is 67.7 Å². The third-order valence-corrected chi connectivity index (χ3v) is 7.62. The predicted octanol–water partition coefficient (Wildman–Crippen LogP) is 6.82. The smallest absolute Gasteiger partial charge is 0.111 e. The third kappa shape index (κ3) is 8.13. The lowest BCUT2D eigenvalue weighted by molar-refractivity contribution is 0.129. The maximum atomic E-state index is 5.69. The summed E-state index contributed by atoms with van der Waals surface area (Å²) in [5, 5.41) is 0. The zero-order valence-electron chi connectivity index (χ0n) is 20.1. The summed E-state index contributed by atoms with van der Waals surface area (Å²) in [6.45, 7) is 8.33. The molecule has 2 fully saturated rings. The fourth-order valence-electron chi connectivity index (χ4n) is 4.85. The van der Waals surface area contributed by atoms with E-state index in [1.807, 2.05) is 6.08 Å². The van der Waals surface area contributed by atoms with Crippen molar-refractivity contribution in [2.45, 2.75) is 57.4 Å². The first-order valence-corrected chi connectivity index (χ1v) is 13.5. The summed E-state index contributed by atoms with van der Waals surface area (Å²) >= 11 is 1.79. The van der Waals surface area contributed by atoms with Crippen LogP contribution in [0.3, 0.4) is 0 Å². The molecule has 32 heavy (non-hydrogen) atoms. The molecule has 0 bridgehead atoms. The minimum absolute atomic E-state index is 0.693. The summed E-state index contributed by atoms with van der Waals surface area (Å²) in [7, 11) is 1.68. The maximum absolute atomic E-state index is 5.69. The van der Waals surface area contributed by atoms with Gasteiger partial charge in [-0.05, 0) is 99.9 Å². The van der Waals surface area contributed by atoms with Gasteiger partial charge in [0.25, 0.3) is 0 Å². The van der Waals surface area contributed by atoms with Gasteiger partial charge in [-0.15, -0.1) is 11.8 Å². The van der Waals surface area contributed by atoms with E-state index in [0.29, 0.717) is 5.76 Å². The summed E-state index contributed by atoms with van der Waals surface area (Å²) in [6.07, 6.45) is 27.5. The Balaban J connectivity index is 1.65. The third-order valence-electron chi connectivity index (χ3n) is 6.88. The number of nitrogens with zero attached hydrogens (tertiary/aromatic N) is 1. The summed E-state index contributed by atoms with van der Waals surface area (Å²) in [5.41, 5.74) is 2.66. The molecule has 0 aromatic rings. The Bertz CT molecular complexity index is 753. The average Bonchev–Trinajstić information content (AvgIpc) is 3.32. The van der Waals surface area contributed by atoms with E-state index >= 15 is 0 Å². The first-order chi connectivity index (χ1) is 15.7. The molecule has 3 nitrogen and oxygen atoms in total. The van der Waals surface area contributed by atoms with E-state index in [9.17, 15) is 0 Å². The van der Waals surface area contributed by atoms with Gasteiger partial charge in [-0.2, -0.15) is 0 Å². The molecule has 0 radical (unpaired) electrons. The second kappa shape index (κ2) is 13.9. The molecule has 3 aliphatic rings. The molecule has 2 saturated heterocycles. The Kier molecular flexibility index (Phi) is 10.9. The minimum Gasteiger partial charge on any atom is -0.497 e. The van der Waals surface area contributed by atoms with E-state index < -0.39 is 0 Å². The Labute approximate surface area is 200 Å². The first kappa shape index (κ1) is 25.1. The van der Waals surface area contributed by atoms with Gasteiger partial charge in [-0.25, -0.2) is 0 Å². The lowest BCUT2D eigenvalue weighted by atomic mass is 9.93. The quantitative estimate of drug-likeness (QED) is 0.295. The van der Waals surface area contributed by atoms with Crippen molar-refractivity contribution in [1.29, 1.82) is 0 Å². The molecular formula is C28H41NO2S. The van der Waals surface area contributed by atoms with Gasteiger partial charge < -0.3 is 14.4 Å². The number of ether oxygens (including phenoxy) is 2. The molecule has 0 aromatic heterocycles. The molecule has 0 N–H and O–H groups in total. The van der Waals surface area contributed by atoms with Crippen molar-refractivity contribution < 1.29 is 9.47 Å². The van der Waals surface area contributed by atoms with Crippen LogP contribution in [-0.4, -0.2) is 50.6 Å². The second-order valence-electron chi connectivity index (χ2n) is 9.00. The fourth-order valence-corrected chi connectivity index (χ4v) is 5.29. The Morgan fingerprint density at radius 3 is 2.91 bits per heavy atom. The fraction of sp³-hybridized carbons (Fsp3) is 0.571. The maximum Gasteiger partial charge on any atom is 0.111 e. The van der Waals surface area contributed by atoms with Crippen molar-refractivity contribution in [3.63, 3.8) is 0 Å². The van der Waals surface area contributed by atoms with Gasteiger partial charge in [0.1, 0.15) is 5.76 Å². The molecule has 0 aromatic carbocycles. The van der Waals surface area contributed by atoms with Crippen molar-refractivity contribution in [2.24, 2.45) is 5.92 Å². The molecule has 0 spiro atoms. The van der Waals surface area contributed by atoms with Crippen LogP contribution in [0, 0.1) is 5.92 Å². The molecule has 0 amide bonds. The number of hydrogen-bond acceptors (Lipinski definition) is 4. The molecule has 0 saturated carbocycles. The normalized spacial score (nSPS) is 26.1. The van der Waals surface area contributed by atoms with Gasteiger partial charge in [0.15, 0.2) is 0 Å². The lowest BCUT2D eigenvalue weighted by Crippen LogP contribution is -2.36. The molecule has 1 aliphatic carbocycles. The lowest BCUT2D eigenvalue weighted by Gasteiger charge is -2.29. The summed E-state index contributed by atoms with van der Waals surface area (Å²) < 4.78 is 11.0. The van der Waals surface area contributed by atoms with Gasteiger partial charge in [0, 0.05) is 24.2 Å². The number of thioether (sulfide) groups is 1. The van der Waals surface area contributed by atoms with Crippen molar-refractivity contribution in [2.75, 3.05) is 39.7 Å². The molecule has 176 valence electrons. The number of hydrogen-bond donors (Lipinski definition) is 0. The van der Waals surface area contributed by atoms with Crippen LogP contribution in [0.25, 0.3) is 0 Å². The van der Waals surface area contributed by atoms with Crippen LogP contribution in [0.4, 0.5) is 0 Å². The van der Waals surface area contributed by atoms with Crippen LogP contribution < -0.4 is 0 Å².